The lowest BCUT2D eigenvalue weighted by atomic mass is 10.1. The van der Waals surface area contributed by atoms with Crippen LogP contribution in [0, 0.1) is 30.3 Å². The van der Waals surface area contributed by atoms with E-state index in [9.17, 15) is 30.3 Å². The maximum Gasteiger partial charge on any atom is 0.303 e. The maximum absolute atomic E-state index is 11.1. The molecular weight excluding hydrogens is 312 g/mol. The molecule has 2 aromatic carbocycles. The molecule has 0 unspecified atom stereocenters. The van der Waals surface area contributed by atoms with E-state index in [1.165, 1.54) is 12.1 Å². The molecule has 3 rings (SSSR count). The Hall–Kier alpha value is -3.76. The molecule has 0 saturated heterocycles. The number of fused-ring (bicyclic) bond motifs is 2. The van der Waals surface area contributed by atoms with Crippen molar-refractivity contribution in [1.82, 2.24) is 0 Å². The molecule has 2 aromatic rings. The Kier molecular flexibility index (Phi) is 3.03. The zero-order valence-electron chi connectivity index (χ0n) is 11.1. The first-order chi connectivity index (χ1) is 10.9. The zero-order valence-corrected chi connectivity index (χ0v) is 11.1. The van der Waals surface area contributed by atoms with Crippen LogP contribution in [0.25, 0.3) is 0 Å². The van der Waals surface area contributed by atoms with Gasteiger partial charge in [0.05, 0.1) is 32.6 Å². The zero-order chi connectivity index (χ0) is 16.7. The second-order valence-electron chi connectivity index (χ2n) is 4.52. The Morgan fingerprint density at radius 2 is 1.52 bits per heavy atom. The molecule has 1 N–H and O–H groups in total. The molecule has 1 aliphatic rings. The number of nitro benzene ring substituents is 3. The summed E-state index contributed by atoms with van der Waals surface area (Å²) in [4.78, 5) is 30.6. The van der Waals surface area contributed by atoms with E-state index < -0.39 is 26.1 Å². The third-order valence-electron chi connectivity index (χ3n) is 3.13. The van der Waals surface area contributed by atoms with Crippen molar-refractivity contribution in [3.05, 3.63) is 60.7 Å². The van der Waals surface area contributed by atoms with Crippen LogP contribution in [0.15, 0.2) is 30.3 Å². The van der Waals surface area contributed by atoms with Crippen molar-refractivity contribution in [1.29, 1.82) is 0 Å². The number of hydrogen-bond donors (Lipinski definition) is 1. The van der Waals surface area contributed by atoms with Gasteiger partial charge in [0.2, 0.25) is 0 Å². The summed E-state index contributed by atoms with van der Waals surface area (Å²) in [6, 6.07) is 5.48. The average Bonchev–Trinajstić information content (AvgIpc) is 2.50. The van der Waals surface area contributed by atoms with Crippen molar-refractivity contribution >= 4 is 28.4 Å². The van der Waals surface area contributed by atoms with Crippen LogP contribution in [-0.4, -0.2) is 14.8 Å². The Morgan fingerprint density at radius 1 is 0.826 bits per heavy atom. The molecule has 0 aliphatic carbocycles. The molecule has 0 atom stereocenters. The van der Waals surface area contributed by atoms with Gasteiger partial charge < -0.3 is 10.1 Å². The SMILES string of the molecule is O=[N+]([O-])c1ccc2c(c1)Nc1c(cc([N+](=O)[O-])cc1[N+](=O)[O-])O2. The fraction of sp³-hybridized carbons (Fsp3) is 0. The van der Waals surface area contributed by atoms with Gasteiger partial charge in [0.1, 0.15) is 0 Å². The summed E-state index contributed by atoms with van der Waals surface area (Å²) < 4.78 is 5.40. The molecule has 0 fully saturated rings. The van der Waals surface area contributed by atoms with Gasteiger partial charge in [-0.1, -0.05) is 0 Å². The van der Waals surface area contributed by atoms with Crippen LogP contribution in [0.3, 0.4) is 0 Å². The largest absolute Gasteiger partial charge is 0.452 e. The molecule has 11 nitrogen and oxygen atoms in total. The summed E-state index contributed by atoms with van der Waals surface area (Å²) in [5, 5.41) is 35.4. The van der Waals surface area contributed by atoms with E-state index >= 15 is 0 Å². The van der Waals surface area contributed by atoms with Crippen molar-refractivity contribution in [3.63, 3.8) is 0 Å². The number of nitrogens with one attached hydrogen (secondary N) is 1. The van der Waals surface area contributed by atoms with E-state index in [-0.39, 0.29) is 28.6 Å². The average molecular weight is 318 g/mol. The van der Waals surface area contributed by atoms with Crippen LogP contribution in [0.5, 0.6) is 11.5 Å². The van der Waals surface area contributed by atoms with Crippen molar-refractivity contribution in [2.24, 2.45) is 0 Å². The lowest BCUT2D eigenvalue weighted by Crippen LogP contribution is -2.07. The number of nitrogens with zero attached hydrogens (tertiary/aromatic N) is 3. The lowest BCUT2D eigenvalue weighted by Gasteiger charge is -2.20. The summed E-state index contributed by atoms with van der Waals surface area (Å²) in [7, 11) is 0. The van der Waals surface area contributed by atoms with Crippen LogP contribution in [0.4, 0.5) is 28.4 Å². The molecule has 0 bridgehead atoms. The van der Waals surface area contributed by atoms with Crippen molar-refractivity contribution in [2.45, 2.75) is 0 Å². The van der Waals surface area contributed by atoms with Crippen LogP contribution in [-0.2, 0) is 0 Å². The minimum Gasteiger partial charge on any atom is -0.452 e. The van der Waals surface area contributed by atoms with E-state index in [4.69, 9.17) is 4.74 Å². The smallest absolute Gasteiger partial charge is 0.303 e. The second kappa shape index (κ2) is 4.91. The standard InChI is InChI=1S/C12H6N4O7/c17-14(18)6-1-2-10-8(3-6)13-12-9(16(21)22)4-7(15(19)20)5-11(12)23-10/h1-5,13H. The molecule has 1 aliphatic heterocycles. The monoisotopic (exact) mass is 318 g/mol. The molecule has 0 amide bonds. The normalized spacial score (nSPS) is 11.5. The number of hydrogen-bond acceptors (Lipinski definition) is 8. The molecule has 116 valence electrons. The number of anilines is 2. The topological polar surface area (TPSA) is 151 Å². The maximum atomic E-state index is 11.1. The number of ether oxygens (including phenoxy) is 1. The lowest BCUT2D eigenvalue weighted by molar-refractivity contribution is -0.393. The quantitative estimate of drug-likeness (QED) is 0.570. The van der Waals surface area contributed by atoms with Gasteiger partial charge >= 0.3 is 5.69 Å². The first-order valence-electron chi connectivity index (χ1n) is 6.07. The molecule has 0 spiro atoms. The van der Waals surface area contributed by atoms with E-state index in [1.807, 2.05) is 0 Å². The van der Waals surface area contributed by atoms with E-state index in [1.54, 1.807) is 0 Å². The fourth-order valence-electron chi connectivity index (χ4n) is 2.11. The van der Waals surface area contributed by atoms with Crippen molar-refractivity contribution in [3.8, 4) is 11.5 Å². The summed E-state index contributed by atoms with van der Waals surface area (Å²) in [6.45, 7) is 0. The molecule has 0 saturated carbocycles. The number of rotatable bonds is 3. The Bertz CT molecular complexity index is 880. The first-order valence-corrected chi connectivity index (χ1v) is 6.07. The van der Waals surface area contributed by atoms with E-state index in [2.05, 4.69) is 5.32 Å². The molecule has 0 aromatic heterocycles. The minimum absolute atomic E-state index is 0.103. The van der Waals surface area contributed by atoms with Crippen molar-refractivity contribution < 1.29 is 19.5 Å². The highest BCUT2D eigenvalue weighted by atomic mass is 16.6. The minimum atomic E-state index is -0.801. The highest BCUT2D eigenvalue weighted by molar-refractivity contribution is 5.84. The van der Waals surface area contributed by atoms with E-state index in [0.29, 0.717) is 0 Å². The third kappa shape index (κ3) is 2.35. The van der Waals surface area contributed by atoms with Crippen molar-refractivity contribution in [2.75, 3.05) is 5.32 Å². The van der Waals surface area contributed by atoms with Gasteiger partial charge in [0.25, 0.3) is 11.4 Å². The van der Waals surface area contributed by atoms with Crippen LogP contribution in [0.1, 0.15) is 0 Å². The van der Waals surface area contributed by atoms with Gasteiger partial charge in [0, 0.05) is 12.1 Å². The molecule has 11 heteroatoms. The van der Waals surface area contributed by atoms with Gasteiger partial charge in [-0.3, -0.25) is 30.3 Å². The summed E-state index contributed by atoms with van der Waals surface area (Å²) in [5.41, 5.74) is -1.24. The molecule has 1 heterocycles. The predicted octanol–water partition coefficient (Wildman–Crippen LogP) is 3.26. The number of benzene rings is 2. The highest BCUT2D eigenvalue weighted by Crippen LogP contribution is 2.48. The van der Waals surface area contributed by atoms with Gasteiger partial charge in [0.15, 0.2) is 17.2 Å². The Labute approximate surface area is 126 Å². The summed E-state index contributed by atoms with van der Waals surface area (Å²) in [6.07, 6.45) is 0. The van der Waals surface area contributed by atoms with Gasteiger partial charge in [-0.05, 0) is 6.07 Å². The summed E-state index contributed by atoms with van der Waals surface area (Å²) in [5.74, 6) is 0.0603. The number of non-ortho nitro benzene ring substituents is 2. The Balaban J connectivity index is 2.15. The molecular formula is C12H6N4O7. The van der Waals surface area contributed by atoms with Gasteiger partial charge in [-0.2, -0.15) is 0 Å². The Morgan fingerprint density at radius 3 is 2.13 bits per heavy atom. The molecule has 0 radical (unpaired) electrons. The van der Waals surface area contributed by atoms with Crippen LogP contribution in [0.2, 0.25) is 0 Å². The van der Waals surface area contributed by atoms with Crippen LogP contribution < -0.4 is 10.1 Å². The van der Waals surface area contributed by atoms with Gasteiger partial charge in [-0.25, -0.2) is 0 Å². The summed E-state index contributed by atoms with van der Waals surface area (Å²) >= 11 is 0. The van der Waals surface area contributed by atoms with Crippen LogP contribution >= 0.6 is 0 Å². The number of nitro groups is 3. The highest BCUT2D eigenvalue weighted by Gasteiger charge is 2.30. The second-order valence-corrected chi connectivity index (χ2v) is 4.52. The first kappa shape index (κ1) is 14.2. The predicted molar refractivity (Wildman–Crippen MR) is 76.2 cm³/mol. The van der Waals surface area contributed by atoms with Gasteiger partial charge in [-0.15, -0.1) is 0 Å². The fourth-order valence-corrected chi connectivity index (χ4v) is 2.11. The molecule has 23 heavy (non-hydrogen) atoms. The third-order valence-corrected chi connectivity index (χ3v) is 3.13. The van der Waals surface area contributed by atoms with E-state index in [0.717, 1.165) is 18.2 Å².